The molecule has 2 N–H and O–H groups in total. The Morgan fingerprint density at radius 3 is 2.82 bits per heavy atom. The monoisotopic (exact) mass is 422 g/mol. The number of aryl methyl sites for hydroxylation is 2. The first-order valence-corrected chi connectivity index (χ1v) is 11.5. The predicted molar refractivity (Wildman–Crippen MR) is 113 cm³/mol. The first-order valence-electron chi connectivity index (χ1n) is 9.72. The molecule has 7 nitrogen and oxygen atoms in total. The standard InChI is InChI=1S/C19H26N4O3S2/c1-4-9-23-17(25)15-12-7-6-8-13(12)28-16(15)22-19(23)27-10-14(24)21-18(26)20-11(3)5-2/h11H,4-10H2,1-3H3,(H2,20,21,24,26)/t11-/m0/s1. The number of fused-ring (bicyclic) bond motifs is 3. The summed E-state index contributed by atoms with van der Waals surface area (Å²) in [6, 6.07) is -0.496. The van der Waals surface area contributed by atoms with Gasteiger partial charge in [-0.25, -0.2) is 9.78 Å². The van der Waals surface area contributed by atoms with Gasteiger partial charge in [0.25, 0.3) is 5.56 Å². The molecular formula is C19H26N4O3S2. The molecule has 1 aliphatic rings. The van der Waals surface area contributed by atoms with Crippen LogP contribution in [0.3, 0.4) is 0 Å². The van der Waals surface area contributed by atoms with Crippen LogP contribution in [0.4, 0.5) is 4.79 Å². The van der Waals surface area contributed by atoms with Crippen LogP contribution in [0.2, 0.25) is 0 Å². The van der Waals surface area contributed by atoms with Crippen LogP contribution in [0, 0.1) is 0 Å². The molecule has 1 atom stereocenters. The van der Waals surface area contributed by atoms with E-state index in [4.69, 9.17) is 4.98 Å². The number of aromatic nitrogens is 2. The van der Waals surface area contributed by atoms with Crippen LogP contribution in [-0.2, 0) is 24.2 Å². The number of hydrogen-bond donors (Lipinski definition) is 2. The van der Waals surface area contributed by atoms with Crippen LogP contribution in [0.1, 0.15) is 50.5 Å². The molecule has 0 radical (unpaired) electrons. The summed E-state index contributed by atoms with van der Waals surface area (Å²) in [5.41, 5.74) is 1.15. The number of imide groups is 1. The van der Waals surface area contributed by atoms with Gasteiger partial charge >= 0.3 is 6.03 Å². The van der Waals surface area contributed by atoms with E-state index in [1.54, 1.807) is 15.9 Å². The Bertz CT molecular complexity index is 951. The fourth-order valence-electron chi connectivity index (χ4n) is 3.24. The number of amides is 3. The lowest BCUT2D eigenvalue weighted by atomic mass is 10.2. The molecule has 0 saturated heterocycles. The molecule has 0 aromatic carbocycles. The van der Waals surface area contributed by atoms with Crippen LogP contribution in [-0.4, -0.2) is 33.3 Å². The lowest BCUT2D eigenvalue weighted by Gasteiger charge is -2.13. The van der Waals surface area contributed by atoms with Gasteiger partial charge in [0.05, 0.1) is 11.1 Å². The minimum absolute atomic E-state index is 0.0000378. The summed E-state index contributed by atoms with van der Waals surface area (Å²) in [5, 5.41) is 6.32. The third-order valence-corrected chi connectivity index (χ3v) is 6.97. The molecule has 9 heteroatoms. The van der Waals surface area contributed by atoms with Gasteiger partial charge in [0.1, 0.15) is 4.83 Å². The lowest BCUT2D eigenvalue weighted by Crippen LogP contribution is -2.44. The van der Waals surface area contributed by atoms with Crippen molar-refractivity contribution in [3.8, 4) is 0 Å². The summed E-state index contributed by atoms with van der Waals surface area (Å²) < 4.78 is 1.67. The van der Waals surface area contributed by atoms with E-state index in [-0.39, 0.29) is 17.4 Å². The first-order chi connectivity index (χ1) is 13.4. The average Bonchev–Trinajstić information content (AvgIpc) is 3.23. The second-order valence-electron chi connectivity index (χ2n) is 7.01. The Labute approximate surface area is 172 Å². The van der Waals surface area contributed by atoms with E-state index in [0.29, 0.717) is 11.7 Å². The third kappa shape index (κ3) is 4.41. The quantitative estimate of drug-likeness (QED) is 0.528. The normalized spacial score (nSPS) is 14.1. The summed E-state index contributed by atoms with van der Waals surface area (Å²) in [5.74, 6) is -0.377. The number of nitrogens with zero attached hydrogens (tertiary/aromatic N) is 2. The Balaban J connectivity index is 1.77. The molecule has 2 aromatic rings. The molecule has 0 fully saturated rings. The van der Waals surface area contributed by atoms with Crippen molar-refractivity contribution in [1.29, 1.82) is 0 Å². The molecule has 0 aliphatic heterocycles. The van der Waals surface area contributed by atoms with E-state index in [1.165, 1.54) is 22.2 Å². The summed E-state index contributed by atoms with van der Waals surface area (Å²) >= 11 is 2.79. The Kier molecular flexibility index (Phi) is 6.77. The van der Waals surface area contributed by atoms with Gasteiger partial charge in [-0.05, 0) is 44.6 Å². The van der Waals surface area contributed by atoms with Crippen molar-refractivity contribution < 1.29 is 9.59 Å². The summed E-state index contributed by atoms with van der Waals surface area (Å²) in [6.45, 7) is 6.40. The van der Waals surface area contributed by atoms with E-state index >= 15 is 0 Å². The van der Waals surface area contributed by atoms with Crippen molar-refractivity contribution in [3.05, 3.63) is 20.8 Å². The molecule has 0 bridgehead atoms. The molecule has 3 amide bonds. The maximum Gasteiger partial charge on any atom is 0.321 e. The van der Waals surface area contributed by atoms with Gasteiger partial charge in [0.15, 0.2) is 5.16 Å². The summed E-state index contributed by atoms with van der Waals surface area (Å²) in [4.78, 5) is 43.7. The molecule has 0 unspecified atom stereocenters. The molecule has 28 heavy (non-hydrogen) atoms. The molecule has 0 spiro atoms. The number of thioether (sulfide) groups is 1. The van der Waals surface area contributed by atoms with Gasteiger partial charge in [-0.15, -0.1) is 11.3 Å². The molecule has 3 rings (SSSR count). The lowest BCUT2D eigenvalue weighted by molar-refractivity contribution is -0.117. The highest BCUT2D eigenvalue weighted by molar-refractivity contribution is 7.99. The average molecular weight is 423 g/mol. The van der Waals surface area contributed by atoms with Gasteiger partial charge in [0, 0.05) is 17.5 Å². The summed E-state index contributed by atoms with van der Waals surface area (Å²) in [7, 11) is 0. The van der Waals surface area contributed by atoms with Crippen molar-refractivity contribution in [2.24, 2.45) is 0 Å². The van der Waals surface area contributed by atoms with E-state index in [2.05, 4.69) is 10.6 Å². The van der Waals surface area contributed by atoms with E-state index in [1.807, 2.05) is 20.8 Å². The Morgan fingerprint density at radius 1 is 1.32 bits per heavy atom. The predicted octanol–water partition coefficient (Wildman–Crippen LogP) is 3.07. The minimum Gasteiger partial charge on any atom is -0.335 e. The zero-order chi connectivity index (χ0) is 20.3. The van der Waals surface area contributed by atoms with E-state index < -0.39 is 11.9 Å². The highest BCUT2D eigenvalue weighted by atomic mass is 32.2. The van der Waals surface area contributed by atoms with Gasteiger partial charge in [-0.3, -0.25) is 19.5 Å². The number of urea groups is 1. The van der Waals surface area contributed by atoms with Crippen molar-refractivity contribution in [2.75, 3.05) is 5.75 Å². The molecule has 152 valence electrons. The second kappa shape index (κ2) is 9.09. The van der Waals surface area contributed by atoms with Crippen molar-refractivity contribution in [1.82, 2.24) is 20.2 Å². The van der Waals surface area contributed by atoms with Crippen LogP contribution in [0.5, 0.6) is 0 Å². The molecule has 0 saturated carbocycles. The Morgan fingerprint density at radius 2 is 2.11 bits per heavy atom. The highest BCUT2D eigenvalue weighted by Gasteiger charge is 2.23. The van der Waals surface area contributed by atoms with Crippen molar-refractivity contribution in [3.63, 3.8) is 0 Å². The minimum atomic E-state index is -0.496. The van der Waals surface area contributed by atoms with Gasteiger partial charge in [-0.2, -0.15) is 0 Å². The summed E-state index contributed by atoms with van der Waals surface area (Å²) in [6.07, 6.45) is 4.64. The fraction of sp³-hybridized carbons (Fsp3) is 0.579. The largest absolute Gasteiger partial charge is 0.335 e. The van der Waals surface area contributed by atoms with Gasteiger partial charge in [-0.1, -0.05) is 25.6 Å². The van der Waals surface area contributed by atoms with E-state index in [9.17, 15) is 14.4 Å². The topological polar surface area (TPSA) is 93.1 Å². The molecule has 2 heterocycles. The molecule has 2 aromatic heterocycles. The Hall–Kier alpha value is -1.87. The smallest absolute Gasteiger partial charge is 0.321 e. The van der Waals surface area contributed by atoms with Gasteiger partial charge in [0.2, 0.25) is 5.91 Å². The number of thiophene rings is 1. The maximum absolute atomic E-state index is 13.1. The third-order valence-electron chi connectivity index (χ3n) is 4.81. The molecule has 1 aliphatic carbocycles. The zero-order valence-electron chi connectivity index (χ0n) is 16.5. The number of carbonyl (C=O) groups excluding carboxylic acids is 2. The maximum atomic E-state index is 13.1. The number of rotatable bonds is 7. The first kappa shape index (κ1) is 20.9. The second-order valence-corrected chi connectivity index (χ2v) is 9.03. The number of hydrogen-bond acceptors (Lipinski definition) is 6. The van der Waals surface area contributed by atoms with Crippen LogP contribution >= 0.6 is 23.1 Å². The zero-order valence-corrected chi connectivity index (χ0v) is 18.1. The fourth-order valence-corrected chi connectivity index (χ4v) is 5.37. The van der Waals surface area contributed by atoms with Crippen LogP contribution in [0.25, 0.3) is 10.2 Å². The van der Waals surface area contributed by atoms with Crippen molar-refractivity contribution >= 4 is 45.3 Å². The van der Waals surface area contributed by atoms with E-state index in [0.717, 1.165) is 42.3 Å². The molecular weight excluding hydrogens is 396 g/mol. The van der Waals surface area contributed by atoms with Crippen molar-refractivity contribution in [2.45, 2.75) is 70.6 Å². The van der Waals surface area contributed by atoms with Crippen LogP contribution in [0.15, 0.2) is 9.95 Å². The highest BCUT2D eigenvalue weighted by Crippen LogP contribution is 2.35. The number of nitrogens with one attached hydrogen (secondary N) is 2. The number of carbonyl (C=O) groups is 2. The van der Waals surface area contributed by atoms with Gasteiger partial charge < -0.3 is 5.32 Å². The van der Waals surface area contributed by atoms with Crippen LogP contribution < -0.4 is 16.2 Å². The SMILES string of the molecule is CCCn1c(SCC(=O)NC(=O)N[C@@H](C)CC)nc2sc3c(c2c1=O)CCC3.